The van der Waals surface area contributed by atoms with E-state index < -0.39 is 0 Å². The minimum Gasteiger partial charge on any atom is -0.331 e. The van der Waals surface area contributed by atoms with Crippen LogP contribution in [0.25, 0.3) is 10.2 Å². The highest BCUT2D eigenvalue weighted by atomic mass is 32.1. The number of H-pyrrole nitrogens is 1. The number of fused-ring (bicyclic) bond motifs is 1. The number of aromatic nitrogens is 2. The number of aromatic amines is 1. The van der Waals surface area contributed by atoms with E-state index in [0.717, 1.165) is 11.2 Å². The second-order valence-electron chi connectivity index (χ2n) is 5.07. The Morgan fingerprint density at radius 3 is 2.83 bits per heavy atom. The third-order valence-corrected chi connectivity index (χ3v) is 4.66. The van der Waals surface area contributed by atoms with E-state index >= 15 is 0 Å². The van der Waals surface area contributed by atoms with Gasteiger partial charge in [0, 0.05) is 18.7 Å². The third-order valence-electron chi connectivity index (χ3n) is 3.43. The summed E-state index contributed by atoms with van der Waals surface area (Å²) in [7, 11) is 0. The van der Waals surface area contributed by atoms with Gasteiger partial charge in [-0.1, -0.05) is 18.2 Å². The molecule has 0 spiro atoms. The summed E-state index contributed by atoms with van der Waals surface area (Å²) in [5.74, 6) is -0.0728. The summed E-state index contributed by atoms with van der Waals surface area (Å²) in [6, 6.07) is 11.1. The van der Waals surface area contributed by atoms with Crippen molar-refractivity contribution in [2.45, 2.75) is 19.4 Å². The molecular formula is C16H15N3O2S2. The number of carbonyl (C=O) groups is 1. The first-order chi connectivity index (χ1) is 11.1. The van der Waals surface area contributed by atoms with Crippen molar-refractivity contribution in [3.8, 4) is 0 Å². The number of nitrogens with one attached hydrogen (secondary N) is 2. The molecule has 0 aliphatic heterocycles. The number of rotatable bonds is 5. The summed E-state index contributed by atoms with van der Waals surface area (Å²) in [6.07, 6.45) is 0.880. The fourth-order valence-electron chi connectivity index (χ4n) is 2.32. The lowest BCUT2D eigenvalue weighted by molar-refractivity contribution is -0.116. The minimum atomic E-state index is -0.0952. The highest BCUT2D eigenvalue weighted by molar-refractivity contribution is 7.71. The molecule has 0 unspecified atom stereocenters. The maximum atomic E-state index is 12.4. The number of benzene rings is 1. The Morgan fingerprint density at radius 1 is 1.26 bits per heavy atom. The van der Waals surface area contributed by atoms with Crippen LogP contribution >= 0.6 is 23.6 Å². The van der Waals surface area contributed by atoms with Crippen LogP contribution in [-0.4, -0.2) is 15.5 Å². The molecule has 1 amide bonds. The largest absolute Gasteiger partial charge is 0.331 e. The van der Waals surface area contributed by atoms with Crippen LogP contribution in [0, 0.1) is 4.77 Å². The molecule has 2 heterocycles. The summed E-state index contributed by atoms with van der Waals surface area (Å²) in [5.41, 5.74) is 1.44. The molecule has 0 fully saturated rings. The third kappa shape index (κ3) is 3.57. The quantitative estimate of drug-likeness (QED) is 0.695. The fraction of sp³-hybridized carbons (Fsp3) is 0.188. The molecule has 0 atom stereocenters. The molecule has 0 bridgehead atoms. The van der Waals surface area contributed by atoms with Gasteiger partial charge in [0.1, 0.15) is 4.70 Å². The highest BCUT2D eigenvalue weighted by Gasteiger charge is 2.08. The Balaban J connectivity index is 1.64. The molecule has 7 heteroatoms. The summed E-state index contributed by atoms with van der Waals surface area (Å²) in [4.78, 5) is 27.3. The zero-order valence-electron chi connectivity index (χ0n) is 12.2. The first kappa shape index (κ1) is 15.6. The lowest BCUT2D eigenvalue weighted by Crippen LogP contribution is -2.22. The van der Waals surface area contributed by atoms with Crippen LogP contribution in [0.5, 0.6) is 0 Å². The van der Waals surface area contributed by atoms with Crippen LogP contribution in [0.3, 0.4) is 0 Å². The molecule has 0 aliphatic rings. The van der Waals surface area contributed by atoms with Gasteiger partial charge in [0.05, 0.1) is 5.52 Å². The monoisotopic (exact) mass is 345 g/mol. The molecule has 0 saturated heterocycles. The van der Waals surface area contributed by atoms with E-state index in [1.807, 2.05) is 41.8 Å². The Kier molecular flexibility index (Phi) is 4.68. The number of hydrogen-bond acceptors (Lipinski definition) is 4. The van der Waals surface area contributed by atoms with Crippen LogP contribution in [-0.2, 0) is 11.3 Å². The predicted molar refractivity (Wildman–Crippen MR) is 95.6 cm³/mol. The number of anilines is 1. The lowest BCUT2D eigenvalue weighted by Gasteiger charge is -2.07. The molecule has 0 radical (unpaired) electrons. The van der Waals surface area contributed by atoms with E-state index in [1.165, 1.54) is 15.9 Å². The zero-order valence-corrected chi connectivity index (χ0v) is 13.9. The van der Waals surface area contributed by atoms with E-state index in [0.29, 0.717) is 28.9 Å². The average molecular weight is 345 g/mol. The molecular weight excluding hydrogens is 330 g/mol. The number of para-hydroxylation sites is 1. The first-order valence-electron chi connectivity index (χ1n) is 7.20. The molecule has 1 aromatic carbocycles. The van der Waals surface area contributed by atoms with E-state index in [4.69, 9.17) is 12.2 Å². The molecule has 3 aromatic rings. The van der Waals surface area contributed by atoms with Crippen LogP contribution in [0.2, 0.25) is 0 Å². The molecule has 5 nitrogen and oxygen atoms in total. The second-order valence-corrected chi connectivity index (χ2v) is 6.37. The topological polar surface area (TPSA) is 66.9 Å². The highest BCUT2D eigenvalue weighted by Crippen LogP contribution is 2.14. The van der Waals surface area contributed by atoms with Crippen molar-refractivity contribution in [1.29, 1.82) is 0 Å². The number of carbonyl (C=O) groups excluding carboxylic acids is 1. The van der Waals surface area contributed by atoms with Crippen LogP contribution in [0.4, 0.5) is 5.69 Å². The van der Waals surface area contributed by atoms with Crippen LogP contribution in [0.1, 0.15) is 12.8 Å². The number of amides is 1. The van der Waals surface area contributed by atoms with Crippen LogP contribution in [0.15, 0.2) is 46.6 Å². The number of hydrogen-bond donors (Lipinski definition) is 2. The van der Waals surface area contributed by atoms with Gasteiger partial charge in [0.2, 0.25) is 5.91 Å². The number of thiophene rings is 1. The normalized spacial score (nSPS) is 10.8. The van der Waals surface area contributed by atoms with Gasteiger partial charge in [-0.2, -0.15) is 0 Å². The van der Waals surface area contributed by atoms with Gasteiger partial charge < -0.3 is 10.3 Å². The van der Waals surface area contributed by atoms with Crippen molar-refractivity contribution in [2.24, 2.45) is 0 Å². The second kappa shape index (κ2) is 6.89. The van der Waals surface area contributed by atoms with Gasteiger partial charge in [0.15, 0.2) is 4.77 Å². The Hall–Kier alpha value is -2.25. The van der Waals surface area contributed by atoms with Crippen molar-refractivity contribution in [2.75, 3.05) is 5.32 Å². The lowest BCUT2D eigenvalue weighted by atomic mass is 10.2. The van der Waals surface area contributed by atoms with E-state index in [1.54, 1.807) is 0 Å². The van der Waals surface area contributed by atoms with Crippen molar-refractivity contribution in [3.63, 3.8) is 0 Å². The molecule has 0 aliphatic carbocycles. The fourth-order valence-corrected chi connectivity index (χ4v) is 3.40. The average Bonchev–Trinajstić information content (AvgIpc) is 3.00. The van der Waals surface area contributed by atoms with E-state index in [9.17, 15) is 9.59 Å². The van der Waals surface area contributed by atoms with Crippen molar-refractivity contribution >= 4 is 45.4 Å². The first-order valence-corrected chi connectivity index (χ1v) is 8.49. The van der Waals surface area contributed by atoms with Gasteiger partial charge >= 0.3 is 0 Å². The minimum absolute atomic E-state index is 0.0728. The molecule has 0 saturated carbocycles. The Morgan fingerprint density at radius 2 is 2.04 bits per heavy atom. The van der Waals surface area contributed by atoms with E-state index in [-0.39, 0.29) is 11.5 Å². The van der Waals surface area contributed by atoms with Gasteiger partial charge in [0.25, 0.3) is 5.56 Å². The van der Waals surface area contributed by atoms with Crippen LogP contribution < -0.4 is 10.9 Å². The van der Waals surface area contributed by atoms with E-state index in [2.05, 4.69) is 10.3 Å². The molecule has 2 N–H and O–H groups in total. The maximum absolute atomic E-state index is 12.4. The smallest absolute Gasteiger partial charge is 0.272 e. The zero-order chi connectivity index (χ0) is 16.2. The number of nitrogens with zero attached hydrogens (tertiary/aromatic N) is 1. The van der Waals surface area contributed by atoms with Gasteiger partial charge in [-0.15, -0.1) is 11.3 Å². The maximum Gasteiger partial charge on any atom is 0.272 e. The summed E-state index contributed by atoms with van der Waals surface area (Å²) in [6.45, 7) is 0.421. The Labute approximate surface area is 141 Å². The summed E-state index contributed by atoms with van der Waals surface area (Å²) >= 11 is 6.62. The van der Waals surface area contributed by atoms with Gasteiger partial charge in [-0.25, -0.2) is 0 Å². The molecule has 3 rings (SSSR count). The predicted octanol–water partition coefficient (Wildman–Crippen LogP) is 3.54. The summed E-state index contributed by atoms with van der Waals surface area (Å²) < 4.78 is 2.57. The van der Waals surface area contributed by atoms with Crippen molar-refractivity contribution in [1.82, 2.24) is 9.55 Å². The van der Waals surface area contributed by atoms with Gasteiger partial charge in [-0.3, -0.25) is 14.2 Å². The molecule has 118 valence electrons. The standard InChI is InChI=1S/C16H15N3O2S2/c20-13(17-11-5-2-1-3-6-11)7-4-9-19-15(21)14-12(8-10-23-14)18-16(19)22/h1-3,5-6,8,10H,4,7,9H2,(H,17,20)(H,18,22). The van der Waals surface area contributed by atoms with Gasteiger partial charge in [-0.05, 0) is 42.2 Å². The molecule has 2 aromatic heterocycles. The molecule has 23 heavy (non-hydrogen) atoms. The summed E-state index contributed by atoms with van der Waals surface area (Å²) in [5, 5.41) is 4.68. The van der Waals surface area contributed by atoms with Crippen molar-refractivity contribution in [3.05, 3.63) is 56.9 Å². The Bertz CT molecular complexity index is 941. The van der Waals surface area contributed by atoms with Crippen molar-refractivity contribution < 1.29 is 4.79 Å². The SMILES string of the molecule is O=C(CCCn1c(=S)[nH]c2ccsc2c1=O)Nc1ccccc1.